The standard InChI is InChI=1S/C18H20N4/c1-2-6-17(7-3-1)22-10-4-5-16(13-22)20-15-8-9-18-14(11-15)12-19-21-18/h1-3,6-9,11-12,16,20H,4-5,10,13H2,(H,19,21). The van der Waals surface area contributed by atoms with E-state index in [1.165, 1.54) is 24.2 Å². The molecule has 4 rings (SSSR count). The van der Waals surface area contributed by atoms with E-state index < -0.39 is 0 Å². The first kappa shape index (κ1) is 13.2. The predicted molar refractivity (Wildman–Crippen MR) is 91.4 cm³/mol. The molecule has 3 aromatic rings. The van der Waals surface area contributed by atoms with Crippen molar-refractivity contribution in [3.05, 3.63) is 54.7 Å². The van der Waals surface area contributed by atoms with Crippen LogP contribution in [0.4, 0.5) is 11.4 Å². The minimum absolute atomic E-state index is 0.485. The number of fused-ring (bicyclic) bond motifs is 1. The van der Waals surface area contributed by atoms with Crippen LogP contribution < -0.4 is 10.2 Å². The SMILES string of the molecule is c1ccc(N2CCCC(Nc3ccc4[nH]ncc4c3)C2)cc1. The van der Waals surface area contributed by atoms with Crippen LogP contribution in [0.25, 0.3) is 10.9 Å². The highest BCUT2D eigenvalue weighted by Crippen LogP contribution is 2.23. The molecule has 1 atom stereocenters. The van der Waals surface area contributed by atoms with Crippen LogP contribution in [0, 0.1) is 0 Å². The summed E-state index contributed by atoms with van der Waals surface area (Å²) in [6.07, 6.45) is 4.31. The van der Waals surface area contributed by atoms with Gasteiger partial charge in [-0.15, -0.1) is 0 Å². The molecule has 4 nitrogen and oxygen atoms in total. The monoisotopic (exact) mass is 292 g/mol. The first-order chi connectivity index (χ1) is 10.9. The smallest absolute Gasteiger partial charge is 0.0651 e. The number of H-pyrrole nitrogens is 1. The summed E-state index contributed by atoms with van der Waals surface area (Å²) in [5.74, 6) is 0. The molecule has 1 fully saturated rings. The number of para-hydroxylation sites is 1. The first-order valence-electron chi connectivity index (χ1n) is 7.88. The summed E-state index contributed by atoms with van der Waals surface area (Å²) in [5.41, 5.74) is 3.58. The van der Waals surface area contributed by atoms with Gasteiger partial charge in [-0.2, -0.15) is 5.10 Å². The Morgan fingerprint density at radius 3 is 2.95 bits per heavy atom. The zero-order valence-corrected chi connectivity index (χ0v) is 12.5. The van der Waals surface area contributed by atoms with E-state index in [0.717, 1.165) is 24.0 Å². The quantitative estimate of drug-likeness (QED) is 0.774. The Labute approximate surface area is 130 Å². The fourth-order valence-corrected chi connectivity index (χ4v) is 3.24. The molecule has 4 heteroatoms. The molecule has 0 aliphatic carbocycles. The van der Waals surface area contributed by atoms with Crippen LogP contribution in [0.15, 0.2) is 54.7 Å². The summed E-state index contributed by atoms with van der Waals surface area (Å²) in [6.45, 7) is 2.19. The van der Waals surface area contributed by atoms with Gasteiger partial charge in [0.1, 0.15) is 0 Å². The van der Waals surface area contributed by atoms with E-state index >= 15 is 0 Å². The molecule has 0 amide bonds. The second-order valence-corrected chi connectivity index (χ2v) is 5.94. The Bertz CT molecular complexity index is 750. The summed E-state index contributed by atoms with van der Waals surface area (Å²) in [4.78, 5) is 2.47. The van der Waals surface area contributed by atoms with Gasteiger partial charge in [0.05, 0.1) is 11.7 Å². The van der Waals surface area contributed by atoms with Gasteiger partial charge in [-0.25, -0.2) is 0 Å². The highest BCUT2D eigenvalue weighted by molar-refractivity contribution is 5.81. The second kappa shape index (κ2) is 5.72. The van der Waals surface area contributed by atoms with Crippen LogP contribution in [-0.2, 0) is 0 Å². The summed E-state index contributed by atoms with van der Waals surface area (Å²) in [6, 6.07) is 17.5. The molecule has 0 radical (unpaired) electrons. The van der Waals surface area contributed by atoms with Gasteiger partial charge in [0.15, 0.2) is 0 Å². The van der Waals surface area contributed by atoms with Crippen molar-refractivity contribution in [2.75, 3.05) is 23.3 Å². The number of hydrogen-bond donors (Lipinski definition) is 2. The van der Waals surface area contributed by atoms with Gasteiger partial charge in [-0.3, -0.25) is 5.10 Å². The maximum absolute atomic E-state index is 4.08. The van der Waals surface area contributed by atoms with Gasteiger partial charge < -0.3 is 10.2 Å². The number of anilines is 2. The van der Waals surface area contributed by atoms with E-state index in [2.05, 4.69) is 68.9 Å². The molecule has 1 saturated heterocycles. The third-order valence-corrected chi connectivity index (χ3v) is 4.35. The Morgan fingerprint density at radius 1 is 1.14 bits per heavy atom. The van der Waals surface area contributed by atoms with Gasteiger partial charge >= 0.3 is 0 Å². The third-order valence-electron chi connectivity index (χ3n) is 4.35. The number of benzene rings is 2. The molecule has 22 heavy (non-hydrogen) atoms. The van der Waals surface area contributed by atoms with Crippen LogP contribution in [0.1, 0.15) is 12.8 Å². The molecule has 1 aromatic heterocycles. The van der Waals surface area contributed by atoms with E-state index in [4.69, 9.17) is 0 Å². The molecular formula is C18H20N4. The van der Waals surface area contributed by atoms with Crippen molar-refractivity contribution in [1.82, 2.24) is 10.2 Å². The molecule has 2 N–H and O–H groups in total. The lowest BCUT2D eigenvalue weighted by molar-refractivity contribution is 0.530. The molecule has 0 spiro atoms. The van der Waals surface area contributed by atoms with Crippen molar-refractivity contribution in [3.63, 3.8) is 0 Å². The Balaban J connectivity index is 1.48. The van der Waals surface area contributed by atoms with E-state index in [0.29, 0.717) is 6.04 Å². The molecule has 112 valence electrons. The van der Waals surface area contributed by atoms with Crippen LogP contribution >= 0.6 is 0 Å². The number of aromatic amines is 1. The molecule has 2 aromatic carbocycles. The second-order valence-electron chi connectivity index (χ2n) is 5.94. The minimum Gasteiger partial charge on any atom is -0.381 e. The van der Waals surface area contributed by atoms with Crippen molar-refractivity contribution in [1.29, 1.82) is 0 Å². The summed E-state index contributed by atoms with van der Waals surface area (Å²) in [7, 11) is 0. The molecule has 1 unspecified atom stereocenters. The molecule has 0 bridgehead atoms. The average molecular weight is 292 g/mol. The summed E-state index contributed by atoms with van der Waals surface area (Å²) < 4.78 is 0. The lowest BCUT2D eigenvalue weighted by atomic mass is 10.0. The van der Waals surface area contributed by atoms with Gasteiger partial charge in [0.25, 0.3) is 0 Å². The Hall–Kier alpha value is -2.49. The van der Waals surface area contributed by atoms with Crippen molar-refractivity contribution in [3.8, 4) is 0 Å². The van der Waals surface area contributed by atoms with Crippen molar-refractivity contribution < 1.29 is 0 Å². The first-order valence-corrected chi connectivity index (χ1v) is 7.88. The van der Waals surface area contributed by atoms with E-state index in [1.807, 2.05) is 6.20 Å². The summed E-state index contributed by atoms with van der Waals surface area (Å²) in [5, 5.41) is 11.9. The highest BCUT2D eigenvalue weighted by atomic mass is 15.2. The number of hydrogen-bond acceptors (Lipinski definition) is 3. The van der Waals surface area contributed by atoms with Crippen LogP contribution in [0.5, 0.6) is 0 Å². The Kier molecular flexibility index (Phi) is 3.43. The number of aromatic nitrogens is 2. The number of rotatable bonds is 3. The van der Waals surface area contributed by atoms with E-state index in [9.17, 15) is 0 Å². The lowest BCUT2D eigenvalue weighted by Crippen LogP contribution is -2.42. The topological polar surface area (TPSA) is 44.0 Å². The van der Waals surface area contributed by atoms with Crippen molar-refractivity contribution in [2.45, 2.75) is 18.9 Å². The minimum atomic E-state index is 0.485. The molecule has 0 saturated carbocycles. The van der Waals surface area contributed by atoms with Crippen molar-refractivity contribution >= 4 is 22.3 Å². The lowest BCUT2D eigenvalue weighted by Gasteiger charge is -2.35. The fourth-order valence-electron chi connectivity index (χ4n) is 3.24. The molecular weight excluding hydrogens is 272 g/mol. The van der Waals surface area contributed by atoms with Gasteiger partial charge in [-0.05, 0) is 43.2 Å². The zero-order valence-electron chi connectivity index (χ0n) is 12.5. The number of piperidine rings is 1. The maximum Gasteiger partial charge on any atom is 0.0651 e. The van der Waals surface area contributed by atoms with Crippen LogP contribution in [0.3, 0.4) is 0 Å². The highest BCUT2D eigenvalue weighted by Gasteiger charge is 2.19. The number of nitrogens with one attached hydrogen (secondary N) is 2. The maximum atomic E-state index is 4.08. The normalized spacial score (nSPS) is 18.5. The largest absolute Gasteiger partial charge is 0.381 e. The van der Waals surface area contributed by atoms with Gasteiger partial charge in [0.2, 0.25) is 0 Å². The van der Waals surface area contributed by atoms with Crippen LogP contribution in [0.2, 0.25) is 0 Å². The van der Waals surface area contributed by atoms with Crippen molar-refractivity contribution in [2.24, 2.45) is 0 Å². The third kappa shape index (κ3) is 2.64. The number of nitrogens with zero attached hydrogens (tertiary/aromatic N) is 2. The van der Waals surface area contributed by atoms with Gasteiger partial charge in [0, 0.05) is 35.9 Å². The molecule has 2 heterocycles. The Morgan fingerprint density at radius 2 is 2.05 bits per heavy atom. The van der Waals surface area contributed by atoms with Gasteiger partial charge in [-0.1, -0.05) is 18.2 Å². The molecule has 1 aliphatic heterocycles. The van der Waals surface area contributed by atoms with Crippen LogP contribution in [-0.4, -0.2) is 29.3 Å². The fraction of sp³-hybridized carbons (Fsp3) is 0.278. The average Bonchev–Trinajstić information content (AvgIpc) is 3.04. The molecule has 1 aliphatic rings. The summed E-state index contributed by atoms with van der Waals surface area (Å²) >= 11 is 0. The van der Waals surface area contributed by atoms with E-state index in [1.54, 1.807) is 0 Å². The predicted octanol–water partition coefficient (Wildman–Crippen LogP) is 3.64. The van der Waals surface area contributed by atoms with E-state index in [-0.39, 0.29) is 0 Å². The zero-order chi connectivity index (χ0) is 14.8.